The molecule has 0 spiro atoms. The minimum atomic E-state index is -0.107. The number of hydrogen-bond donors (Lipinski definition) is 2. The van der Waals surface area contributed by atoms with Gasteiger partial charge in [-0.3, -0.25) is 4.79 Å². The number of amides is 1. The van der Waals surface area contributed by atoms with Crippen LogP contribution in [0.4, 0.5) is 5.69 Å². The third-order valence-corrected chi connectivity index (χ3v) is 3.87. The van der Waals surface area contributed by atoms with Crippen LogP contribution >= 0.6 is 11.3 Å². The van der Waals surface area contributed by atoms with Crippen molar-refractivity contribution in [1.82, 2.24) is 0 Å². The standard InChI is InChI=1S/C16H16N2OS/c1-11-5-3-6-13(9-11)18-16(19)15-10-12(2)14(20-15)7-4-8-17/h3,5-6,9-10H,8,17H2,1-2H3,(H,18,19). The second-order valence-electron chi connectivity index (χ2n) is 4.45. The van der Waals surface area contributed by atoms with Crippen molar-refractivity contribution in [3.63, 3.8) is 0 Å². The van der Waals surface area contributed by atoms with Crippen molar-refractivity contribution in [3.8, 4) is 11.8 Å². The molecule has 1 aromatic carbocycles. The Balaban J connectivity index is 2.17. The van der Waals surface area contributed by atoms with Gasteiger partial charge in [0, 0.05) is 5.69 Å². The molecule has 2 rings (SSSR count). The van der Waals surface area contributed by atoms with E-state index in [1.165, 1.54) is 11.3 Å². The van der Waals surface area contributed by atoms with E-state index in [2.05, 4.69) is 17.2 Å². The van der Waals surface area contributed by atoms with E-state index in [9.17, 15) is 4.79 Å². The molecule has 0 atom stereocenters. The predicted octanol–water partition coefficient (Wildman–Crippen LogP) is 2.93. The van der Waals surface area contributed by atoms with Crippen LogP contribution in [0.25, 0.3) is 0 Å². The zero-order valence-electron chi connectivity index (χ0n) is 11.5. The van der Waals surface area contributed by atoms with E-state index in [0.29, 0.717) is 11.4 Å². The summed E-state index contributed by atoms with van der Waals surface area (Å²) >= 11 is 1.39. The Bertz CT molecular complexity index is 692. The average Bonchev–Trinajstić information content (AvgIpc) is 2.78. The summed E-state index contributed by atoms with van der Waals surface area (Å²) in [6.45, 7) is 4.26. The molecule has 0 fully saturated rings. The van der Waals surface area contributed by atoms with Gasteiger partial charge in [-0.15, -0.1) is 11.3 Å². The molecule has 102 valence electrons. The molecule has 4 heteroatoms. The summed E-state index contributed by atoms with van der Waals surface area (Å²) in [5, 5.41) is 2.89. The minimum absolute atomic E-state index is 0.107. The summed E-state index contributed by atoms with van der Waals surface area (Å²) < 4.78 is 0. The van der Waals surface area contributed by atoms with Gasteiger partial charge in [0.25, 0.3) is 5.91 Å². The Hall–Kier alpha value is -2.09. The number of carbonyl (C=O) groups excluding carboxylic acids is 1. The van der Waals surface area contributed by atoms with Crippen molar-refractivity contribution in [2.45, 2.75) is 13.8 Å². The van der Waals surface area contributed by atoms with Crippen molar-refractivity contribution in [1.29, 1.82) is 0 Å². The minimum Gasteiger partial charge on any atom is -0.321 e. The highest BCUT2D eigenvalue weighted by atomic mass is 32.1. The van der Waals surface area contributed by atoms with Crippen LogP contribution in [0, 0.1) is 25.7 Å². The van der Waals surface area contributed by atoms with Gasteiger partial charge in [0.1, 0.15) is 0 Å². The Morgan fingerprint density at radius 3 is 2.85 bits per heavy atom. The van der Waals surface area contributed by atoms with E-state index in [1.807, 2.05) is 44.2 Å². The van der Waals surface area contributed by atoms with Crippen LogP contribution in [0.2, 0.25) is 0 Å². The number of anilines is 1. The molecule has 0 aliphatic heterocycles. The van der Waals surface area contributed by atoms with Gasteiger partial charge in [0.15, 0.2) is 0 Å². The van der Waals surface area contributed by atoms with Crippen molar-refractivity contribution in [3.05, 3.63) is 51.2 Å². The normalized spacial score (nSPS) is 9.75. The molecule has 3 N–H and O–H groups in total. The summed E-state index contributed by atoms with van der Waals surface area (Å²) in [7, 11) is 0. The largest absolute Gasteiger partial charge is 0.321 e. The maximum Gasteiger partial charge on any atom is 0.265 e. The Kier molecular flexibility index (Phi) is 4.57. The van der Waals surface area contributed by atoms with Crippen molar-refractivity contribution in [2.24, 2.45) is 5.73 Å². The summed E-state index contributed by atoms with van der Waals surface area (Å²) in [5.74, 6) is 5.69. The lowest BCUT2D eigenvalue weighted by atomic mass is 10.2. The lowest BCUT2D eigenvalue weighted by Gasteiger charge is -2.03. The molecule has 2 aromatic rings. The predicted molar refractivity (Wildman–Crippen MR) is 84.1 cm³/mol. The summed E-state index contributed by atoms with van der Waals surface area (Å²) in [5.41, 5.74) is 8.28. The maximum atomic E-state index is 12.2. The van der Waals surface area contributed by atoms with Gasteiger partial charge < -0.3 is 11.1 Å². The first kappa shape index (κ1) is 14.3. The highest BCUT2D eigenvalue weighted by molar-refractivity contribution is 7.14. The second kappa shape index (κ2) is 6.38. The van der Waals surface area contributed by atoms with Crippen molar-refractivity contribution in [2.75, 3.05) is 11.9 Å². The number of nitrogens with one attached hydrogen (secondary N) is 1. The molecule has 0 bridgehead atoms. The fraction of sp³-hybridized carbons (Fsp3) is 0.188. The molecule has 1 amide bonds. The summed E-state index contributed by atoms with van der Waals surface area (Å²) in [6.07, 6.45) is 0. The van der Waals surface area contributed by atoms with Crippen LogP contribution in [0.15, 0.2) is 30.3 Å². The number of benzene rings is 1. The molecule has 3 nitrogen and oxygen atoms in total. The lowest BCUT2D eigenvalue weighted by Crippen LogP contribution is -2.10. The third kappa shape index (κ3) is 3.47. The third-order valence-electron chi connectivity index (χ3n) is 2.72. The number of rotatable bonds is 2. The first-order chi connectivity index (χ1) is 9.60. The highest BCUT2D eigenvalue weighted by Gasteiger charge is 2.11. The van der Waals surface area contributed by atoms with E-state index >= 15 is 0 Å². The second-order valence-corrected chi connectivity index (χ2v) is 5.50. The molecular weight excluding hydrogens is 268 g/mol. The molecule has 1 aromatic heterocycles. The monoisotopic (exact) mass is 284 g/mol. The van der Waals surface area contributed by atoms with Crippen LogP contribution in [-0.4, -0.2) is 12.5 Å². The summed E-state index contributed by atoms with van der Waals surface area (Å²) in [6, 6.07) is 9.58. The van der Waals surface area contributed by atoms with E-state index in [1.54, 1.807) is 0 Å². The SMILES string of the molecule is Cc1cccc(NC(=O)c2cc(C)c(C#CCN)s2)c1. The summed E-state index contributed by atoms with van der Waals surface area (Å²) in [4.78, 5) is 13.7. The van der Waals surface area contributed by atoms with Gasteiger partial charge in [0.05, 0.1) is 16.3 Å². The van der Waals surface area contributed by atoms with Gasteiger partial charge in [-0.2, -0.15) is 0 Å². The molecule has 0 saturated carbocycles. The van der Waals surface area contributed by atoms with Crippen LogP contribution in [0.1, 0.15) is 25.7 Å². The van der Waals surface area contributed by atoms with Gasteiger partial charge in [0.2, 0.25) is 0 Å². The van der Waals surface area contributed by atoms with E-state index in [-0.39, 0.29) is 5.91 Å². The number of carbonyl (C=O) groups is 1. The number of thiophene rings is 1. The molecule has 1 heterocycles. The van der Waals surface area contributed by atoms with E-state index in [0.717, 1.165) is 21.7 Å². The Morgan fingerprint density at radius 1 is 1.35 bits per heavy atom. The topological polar surface area (TPSA) is 55.1 Å². The van der Waals surface area contributed by atoms with E-state index < -0.39 is 0 Å². The van der Waals surface area contributed by atoms with E-state index in [4.69, 9.17) is 5.73 Å². The fourth-order valence-corrected chi connectivity index (χ4v) is 2.71. The fourth-order valence-electron chi connectivity index (χ4n) is 1.76. The number of hydrogen-bond acceptors (Lipinski definition) is 3. The van der Waals surface area contributed by atoms with Crippen LogP contribution < -0.4 is 11.1 Å². The average molecular weight is 284 g/mol. The maximum absolute atomic E-state index is 12.2. The van der Waals surface area contributed by atoms with Crippen molar-refractivity contribution < 1.29 is 4.79 Å². The lowest BCUT2D eigenvalue weighted by molar-refractivity contribution is 0.103. The van der Waals surface area contributed by atoms with Gasteiger partial charge in [-0.1, -0.05) is 24.0 Å². The zero-order chi connectivity index (χ0) is 14.5. The molecule has 0 aliphatic rings. The van der Waals surface area contributed by atoms with Gasteiger partial charge in [-0.25, -0.2) is 0 Å². The highest BCUT2D eigenvalue weighted by Crippen LogP contribution is 2.22. The molecule has 20 heavy (non-hydrogen) atoms. The van der Waals surface area contributed by atoms with Crippen LogP contribution in [0.5, 0.6) is 0 Å². The molecule has 0 radical (unpaired) electrons. The molecule has 0 saturated heterocycles. The Labute approximate surface area is 122 Å². The number of nitrogens with two attached hydrogens (primary N) is 1. The smallest absolute Gasteiger partial charge is 0.265 e. The van der Waals surface area contributed by atoms with Crippen molar-refractivity contribution >= 4 is 22.9 Å². The zero-order valence-corrected chi connectivity index (χ0v) is 12.3. The number of aryl methyl sites for hydroxylation is 2. The van der Waals surface area contributed by atoms with Gasteiger partial charge in [-0.05, 0) is 43.2 Å². The molecular formula is C16H16N2OS. The molecule has 0 aliphatic carbocycles. The first-order valence-electron chi connectivity index (χ1n) is 6.27. The van der Waals surface area contributed by atoms with Gasteiger partial charge >= 0.3 is 0 Å². The first-order valence-corrected chi connectivity index (χ1v) is 7.09. The van der Waals surface area contributed by atoms with Crippen LogP contribution in [-0.2, 0) is 0 Å². The van der Waals surface area contributed by atoms with Crippen LogP contribution in [0.3, 0.4) is 0 Å². The Morgan fingerprint density at radius 2 is 2.15 bits per heavy atom. The molecule has 0 unspecified atom stereocenters. The quantitative estimate of drug-likeness (QED) is 0.833.